The van der Waals surface area contributed by atoms with Crippen LogP contribution >= 0.6 is 11.6 Å². The lowest BCUT2D eigenvalue weighted by Gasteiger charge is -2.06. The van der Waals surface area contributed by atoms with Gasteiger partial charge in [-0.25, -0.2) is 4.79 Å². The van der Waals surface area contributed by atoms with E-state index < -0.39 is 5.97 Å². The van der Waals surface area contributed by atoms with Crippen molar-refractivity contribution in [2.45, 2.75) is 6.54 Å². The molecule has 0 unspecified atom stereocenters. The minimum absolute atomic E-state index is 0. The van der Waals surface area contributed by atoms with Crippen molar-refractivity contribution in [3.8, 4) is 0 Å². The minimum atomic E-state index is -0.917. The van der Waals surface area contributed by atoms with Crippen molar-refractivity contribution in [2.24, 2.45) is 0 Å². The summed E-state index contributed by atoms with van der Waals surface area (Å²) in [5.74, 6) is -0.917. The average molecular weight is 297 g/mol. The average Bonchev–Trinajstić information content (AvgIpc) is 2.38. The zero-order valence-corrected chi connectivity index (χ0v) is 11.4. The van der Waals surface area contributed by atoms with E-state index in [2.05, 4.69) is 5.32 Å². The van der Waals surface area contributed by atoms with E-state index in [1.807, 2.05) is 24.3 Å². The number of anilines is 1. The fourth-order valence-corrected chi connectivity index (χ4v) is 1.66. The zero-order chi connectivity index (χ0) is 13.0. The van der Waals surface area contributed by atoms with Gasteiger partial charge in [0, 0.05) is 17.3 Å². The first kappa shape index (κ1) is 15.3. The lowest BCUT2D eigenvalue weighted by atomic mass is 10.2. The van der Waals surface area contributed by atoms with Crippen LogP contribution in [0.1, 0.15) is 15.9 Å². The van der Waals surface area contributed by atoms with Crippen LogP contribution in [0.4, 0.5) is 5.69 Å². The van der Waals surface area contributed by atoms with E-state index in [0.717, 1.165) is 11.3 Å². The van der Waals surface area contributed by atoms with E-state index in [-0.39, 0.29) is 18.0 Å². The summed E-state index contributed by atoms with van der Waals surface area (Å²) in [7, 11) is 0. The van der Waals surface area contributed by atoms with Gasteiger partial charge in [0.25, 0.3) is 0 Å². The van der Waals surface area contributed by atoms with Gasteiger partial charge in [0.05, 0.1) is 5.56 Å². The van der Waals surface area contributed by atoms with Gasteiger partial charge in [0.2, 0.25) is 0 Å². The Labute approximate surface area is 122 Å². The number of halogens is 2. The third-order valence-corrected chi connectivity index (χ3v) is 2.79. The molecular formula is C14H12Cl2NO2-. The molecule has 2 aromatic rings. The highest BCUT2D eigenvalue weighted by atomic mass is 35.5. The highest BCUT2D eigenvalue weighted by molar-refractivity contribution is 6.30. The Morgan fingerprint density at radius 2 is 1.63 bits per heavy atom. The Morgan fingerprint density at radius 1 is 1.05 bits per heavy atom. The zero-order valence-electron chi connectivity index (χ0n) is 9.94. The van der Waals surface area contributed by atoms with Crippen molar-refractivity contribution in [1.29, 1.82) is 0 Å². The van der Waals surface area contributed by atoms with Crippen LogP contribution in [0.3, 0.4) is 0 Å². The molecule has 0 aliphatic rings. The molecule has 0 aromatic heterocycles. The largest absolute Gasteiger partial charge is 1.00 e. The molecule has 5 heteroatoms. The molecule has 2 rings (SSSR count). The molecule has 0 aliphatic carbocycles. The lowest BCUT2D eigenvalue weighted by molar-refractivity contribution is -0.0000190. The second-order valence-corrected chi connectivity index (χ2v) is 4.30. The van der Waals surface area contributed by atoms with Gasteiger partial charge in [-0.3, -0.25) is 0 Å². The van der Waals surface area contributed by atoms with Crippen LogP contribution in [0.2, 0.25) is 5.02 Å². The van der Waals surface area contributed by atoms with Gasteiger partial charge in [0.15, 0.2) is 0 Å². The predicted molar refractivity (Wildman–Crippen MR) is 72.2 cm³/mol. The Morgan fingerprint density at radius 3 is 2.16 bits per heavy atom. The van der Waals surface area contributed by atoms with Crippen LogP contribution in [-0.2, 0) is 6.54 Å². The van der Waals surface area contributed by atoms with E-state index in [0.29, 0.717) is 11.6 Å². The van der Waals surface area contributed by atoms with Crippen LogP contribution < -0.4 is 17.7 Å². The number of carboxylic acid groups (broad SMARTS) is 1. The van der Waals surface area contributed by atoms with Gasteiger partial charge >= 0.3 is 5.97 Å². The number of carbonyl (C=O) groups is 1. The molecule has 19 heavy (non-hydrogen) atoms. The third-order valence-electron chi connectivity index (χ3n) is 2.54. The second-order valence-electron chi connectivity index (χ2n) is 3.86. The Balaban J connectivity index is 0.00000180. The monoisotopic (exact) mass is 296 g/mol. The Kier molecular flexibility index (Phi) is 5.67. The van der Waals surface area contributed by atoms with Crippen LogP contribution in [0.15, 0.2) is 48.5 Å². The number of aromatic carboxylic acids is 1. The van der Waals surface area contributed by atoms with E-state index in [4.69, 9.17) is 16.7 Å². The first-order valence-electron chi connectivity index (χ1n) is 5.47. The molecule has 0 heterocycles. The molecule has 0 radical (unpaired) electrons. The molecule has 2 N–H and O–H groups in total. The molecule has 0 aliphatic heterocycles. The topological polar surface area (TPSA) is 49.3 Å². The molecule has 0 saturated heterocycles. The smallest absolute Gasteiger partial charge is 0.335 e. The highest BCUT2D eigenvalue weighted by Crippen LogP contribution is 2.13. The number of carboxylic acids is 1. The van der Waals surface area contributed by atoms with Gasteiger partial charge in [-0.05, 0) is 42.0 Å². The van der Waals surface area contributed by atoms with E-state index >= 15 is 0 Å². The number of benzene rings is 2. The lowest BCUT2D eigenvalue weighted by Crippen LogP contribution is -3.00. The number of rotatable bonds is 4. The van der Waals surface area contributed by atoms with E-state index in [1.54, 1.807) is 24.3 Å². The van der Waals surface area contributed by atoms with Crippen molar-refractivity contribution < 1.29 is 22.3 Å². The first-order valence-corrected chi connectivity index (χ1v) is 5.84. The van der Waals surface area contributed by atoms with E-state index in [9.17, 15) is 4.79 Å². The van der Waals surface area contributed by atoms with Gasteiger partial charge in [-0.1, -0.05) is 23.7 Å². The first-order chi connectivity index (χ1) is 8.65. The summed E-state index contributed by atoms with van der Waals surface area (Å²) >= 11 is 5.80. The van der Waals surface area contributed by atoms with Gasteiger partial charge in [-0.2, -0.15) is 0 Å². The van der Waals surface area contributed by atoms with Gasteiger partial charge in [-0.15, -0.1) is 0 Å². The standard InChI is InChI=1S/C14H12ClNO2.ClH/c15-12-5-1-10(2-6-12)9-16-13-7-3-11(4-8-13)14(17)18;/h1-8,16H,9H2,(H,17,18);1H/p-1. The SMILES string of the molecule is O=C(O)c1ccc(NCc2ccc(Cl)cc2)cc1.[Cl-]. The number of hydrogen-bond donors (Lipinski definition) is 2. The minimum Gasteiger partial charge on any atom is -1.00 e. The van der Waals surface area contributed by atoms with Crippen molar-refractivity contribution in [3.05, 3.63) is 64.7 Å². The molecule has 100 valence electrons. The summed E-state index contributed by atoms with van der Waals surface area (Å²) in [6.07, 6.45) is 0. The quantitative estimate of drug-likeness (QED) is 0.871. The maximum absolute atomic E-state index is 10.7. The summed E-state index contributed by atoms with van der Waals surface area (Å²) in [5.41, 5.74) is 2.28. The highest BCUT2D eigenvalue weighted by Gasteiger charge is 2.01. The number of nitrogens with one attached hydrogen (secondary N) is 1. The molecule has 2 aromatic carbocycles. The molecule has 0 amide bonds. The normalized spacial score (nSPS) is 9.53. The molecule has 0 atom stereocenters. The summed E-state index contributed by atoms with van der Waals surface area (Å²) in [4.78, 5) is 10.7. The maximum Gasteiger partial charge on any atom is 0.335 e. The van der Waals surface area contributed by atoms with Crippen molar-refractivity contribution in [1.82, 2.24) is 0 Å². The second kappa shape index (κ2) is 7.02. The summed E-state index contributed by atoms with van der Waals surface area (Å²) < 4.78 is 0. The fraction of sp³-hybridized carbons (Fsp3) is 0.0714. The molecule has 0 saturated carbocycles. The molecule has 0 spiro atoms. The molecule has 0 fully saturated rings. The van der Waals surface area contributed by atoms with Crippen molar-refractivity contribution in [3.63, 3.8) is 0 Å². The van der Waals surface area contributed by atoms with Crippen molar-refractivity contribution in [2.75, 3.05) is 5.32 Å². The number of hydrogen-bond acceptors (Lipinski definition) is 2. The summed E-state index contributed by atoms with van der Waals surface area (Å²) in [5, 5.41) is 12.7. The Bertz CT molecular complexity index is 538. The predicted octanol–water partition coefficient (Wildman–Crippen LogP) is 0.654. The molecule has 3 nitrogen and oxygen atoms in total. The molecule has 0 bridgehead atoms. The molecular weight excluding hydrogens is 285 g/mol. The van der Waals surface area contributed by atoms with Crippen LogP contribution in [0.5, 0.6) is 0 Å². The maximum atomic E-state index is 10.7. The van der Waals surface area contributed by atoms with E-state index in [1.165, 1.54) is 0 Å². The van der Waals surface area contributed by atoms with Crippen LogP contribution in [-0.4, -0.2) is 11.1 Å². The van der Waals surface area contributed by atoms with Crippen molar-refractivity contribution >= 4 is 23.3 Å². The van der Waals surface area contributed by atoms with Crippen LogP contribution in [0.25, 0.3) is 0 Å². The van der Waals surface area contributed by atoms with Gasteiger partial charge < -0.3 is 22.8 Å². The third kappa shape index (κ3) is 4.47. The summed E-state index contributed by atoms with van der Waals surface area (Å²) in [6.45, 7) is 0.670. The van der Waals surface area contributed by atoms with Gasteiger partial charge in [0.1, 0.15) is 0 Å². The van der Waals surface area contributed by atoms with Crippen LogP contribution in [0, 0.1) is 0 Å². The fourth-order valence-electron chi connectivity index (χ4n) is 1.54. The summed E-state index contributed by atoms with van der Waals surface area (Å²) in [6, 6.07) is 14.2. The Hall–Kier alpha value is -1.71.